The lowest BCUT2D eigenvalue weighted by Gasteiger charge is -2.10. The third kappa shape index (κ3) is 4.14. The molecule has 0 aliphatic carbocycles. The number of hydrogen-bond acceptors (Lipinski definition) is 4. The zero-order chi connectivity index (χ0) is 12.7. The number of carbonyl (C=O) groups is 2. The molecular formula is C12H15NO4. The lowest BCUT2D eigenvalue weighted by Crippen LogP contribution is -2.25. The van der Waals surface area contributed by atoms with Crippen LogP contribution in [0.3, 0.4) is 0 Å². The molecule has 1 aromatic carbocycles. The minimum atomic E-state index is -0.444. The van der Waals surface area contributed by atoms with Crippen LogP contribution in [0.1, 0.15) is 17.3 Å². The van der Waals surface area contributed by atoms with Gasteiger partial charge in [-0.25, -0.2) is 4.79 Å². The fourth-order valence-electron chi connectivity index (χ4n) is 1.26. The van der Waals surface area contributed by atoms with Crippen LogP contribution in [0.5, 0.6) is 5.75 Å². The second-order valence-electron chi connectivity index (χ2n) is 3.32. The first-order chi connectivity index (χ1) is 8.15. The van der Waals surface area contributed by atoms with E-state index in [4.69, 9.17) is 4.74 Å². The average Bonchev–Trinajstić information content (AvgIpc) is 2.34. The molecule has 0 atom stereocenters. The molecule has 0 fully saturated rings. The summed E-state index contributed by atoms with van der Waals surface area (Å²) in [6.07, 6.45) is 0. The number of amides is 1. The lowest BCUT2D eigenvalue weighted by molar-refractivity contribution is -0.119. The third-order valence-electron chi connectivity index (χ3n) is 2.03. The highest BCUT2D eigenvalue weighted by molar-refractivity contribution is 5.92. The normalized spacial score (nSPS) is 9.53. The summed E-state index contributed by atoms with van der Waals surface area (Å²) in [4.78, 5) is 22.0. The minimum absolute atomic E-state index is 0.116. The second kappa shape index (κ2) is 6.52. The molecule has 92 valence electrons. The molecule has 0 unspecified atom stereocenters. The molecule has 0 aliphatic rings. The smallest absolute Gasteiger partial charge is 0.341 e. The Labute approximate surface area is 99.7 Å². The number of benzene rings is 1. The van der Waals surface area contributed by atoms with E-state index in [2.05, 4.69) is 10.1 Å². The van der Waals surface area contributed by atoms with Crippen molar-refractivity contribution in [3.8, 4) is 5.75 Å². The van der Waals surface area contributed by atoms with Gasteiger partial charge in [-0.3, -0.25) is 4.79 Å². The maximum Gasteiger partial charge on any atom is 0.341 e. The third-order valence-corrected chi connectivity index (χ3v) is 2.03. The number of methoxy groups -OCH3 is 1. The first-order valence-corrected chi connectivity index (χ1v) is 5.19. The fourth-order valence-corrected chi connectivity index (χ4v) is 1.26. The molecule has 5 heteroatoms. The number of nitrogens with one attached hydrogen (secondary N) is 1. The van der Waals surface area contributed by atoms with E-state index in [1.54, 1.807) is 24.3 Å². The summed E-state index contributed by atoms with van der Waals surface area (Å²) in [5.41, 5.74) is 0.373. The molecule has 1 amide bonds. The van der Waals surface area contributed by atoms with Crippen molar-refractivity contribution in [1.82, 2.24) is 5.32 Å². The maximum atomic E-state index is 11.4. The van der Waals surface area contributed by atoms with Gasteiger partial charge in [-0.15, -0.1) is 0 Å². The SMILES string of the molecule is COC(=O)c1ccccc1OCCNC(C)=O. The first kappa shape index (κ1) is 13.0. The van der Waals surface area contributed by atoms with E-state index in [-0.39, 0.29) is 5.91 Å². The highest BCUT2D eigenvalue weighted by atomic mass is 16.5. The van der Waals surface area contributed by atoms with Crippen LogP contribution < -0.4 is 10.1 Å². The van der Waals surface area contributed by atoms with E-state index >= 15 is 0 Å². The van der Waals surface area contributed by atoms with Crippen LogP contribution in [0.2, 0.25) is 0 Å². The zero-order valence-corrected chi connectivity index (χ0v) is 9.86. The van der Waals surface area contributed by atoms with Gasteiger partial charge in [-0.2, -0.15) is 0 Å². The van der Waals surface area contributed by atoms with Gasteiger partial charge in [0.15, 0.2) is 0 Å². The quantitative estimate of drug-likeness (QED) is 0.612. The summed E-state index contributed by atoms with van der Waals surface area (Å²) in [5, 5.41) is 2.60. The van der Waals surface area contributed by atoms with Crippen molar-refractivity contribution < 1.29 is 19.1 Å². The van der Waals surface area contributed by atoms with Crippen LogP contribution in [0.4, 0.5) is 0 Å². The summed E-state index contributed by atoms with van der Waals surface area (Å²) in [6, 6.07) is 6.80. The predicted molar refractivity (Wildman–Crippen MR) is 62.0 cm³/mol. The van der Waals surface area contributed by atoms with Crippen LogP contribution in [-0.4, -0.2) is 32.1 Å². The van der Waals surface area contributed by atoms with Crippen molar-refractivity contribution in [2.75, 3.05) is 20.3 Å². The van der Waals surface area contributed by atoms with Gasteiger partial charge in [0.05, 0.1) is 13.7 Å². The molecule has 0 aromatic heterocycles. The predicted octanol–water partition coefficient (Wildman–Crippen LogP) is 0.988. The number of carbonyl (C=O) groups excluding carboxylic acids is 2. The molecule has 1 rings (SSSR count). The van der Waals surface area contributed by atoms with Gasteiger partial charge in [0.2, 0.25) is 5.91 Å². The molecule has 0 saturated carbocycles. The monoisotopic (exact) mass is 237 g/mol. The molecule has 0 bridgehead atoms. The maximum absolute atomic E-state index is 11.4. The van der Waals surface area contributed by atoms with Crippen LogP contribution in [0.25, 0.3) is 0 Å². The average molecular weight is 237 g/mol. The minimum Gasteiger partial charge on any atom is -0.491 e. The number of hydrogen-bond donors (Lipinski definition) is 1. The Hall–Kier alpha value is -2.04. The van der Waals surface area contributed by atoms with Crippen molar-refractivity contribution in [1.29, 1.82) is 0 Å². The van der Waals surface area contributed by atoms with Gasteiger partial charge >= 0.3 is 5.97 Å². The van der Waals surface area contributed by atoms with Crippen molar-refractivity contribution >= 4 is 11.9 Å². The van der Waals surface area contributed by atoms with E-state index in [9.17, 15) is 9.59 Å². The highest BCUT2D eigenvalue weighted by Crippen LogP contribution is 2.18. The van der Waals surface area contributed by atoms with Gasteiger partial charge in [-0.1, -0.05) is 12.1 Å². The number of rotatable bonds is 5. The van der Waals surface area contributed by atoms with E-state index in [0.29, 0.717) is 24.5 Å². The zero-order valence-electron chi connectivity index (χ0n) is 9.86. The largest absolute Gasteiger partial charge is 0.491 e. The molecule has 0 heterocycles. The van der Waals surface area contributed by atoms with E-state index in [1.165, 1.54) is 14.0 Å². The topological polar surface area (TPSA) is 64.6 Å². The van der Waals surface area contributed by atoms with E-state index in [0.717, 1.165) is 0 Å². The van der Waals surface area contributed by atoms with Gasteiger partial charge in [-0.05, 0) is 12.1 Å². The van der Waals surface area contributed by atoms with E-state index in [1.807, 2.05) is 0 Å². The Morgan fingerprint density at radius 2 is 2.00 bits per heavy atom. The molecule has 1 aromatic rings. The molecular weight excluding hydrogens is 222 g/mol. The molecule has 0 aliphatic heterocycles. The Morgan fingerprint density at radius 3 is 2.65 bits per heavy atom. The van der Waals surface area contributed by atoms with Crippen molar-refractivity contribution in [2.24, 2.45) is 0 Å². The Morgan fingerprint density at radius 1 is 1.29 bits per heavy atom. The standard InChI is InChI=1S/C12H15NO4/c1-9(14)13-7-8-17-11-6-4-3-5-10(11)12(15)16-2/h3-6H,7-8H2,1-2H3,(H,13,14). The fraction of sp³-hybridized carbons (Fsp3) is 0.333. The second-order valence-corrected chi connectivity index (χ2v) is 3.32. The van der Waals surface area contributed by atoms with Gasteiger partial charge < -0.3 is 14.8 Å². The number of para-hydroxylation sites is 1. The molecule has 0 radical (unpaired) electrons. The summed E-state index contributed by atoms with van der Waals surface area (Å²) in [6.45, 7) is 2.13. The summed E-state index contributed by atoms with van der Waals surface area (Å²) in [5.74, 6) is -0.111. The van der Waals surface area contributed by atoms with Crippen molar-refractivity contribution in [2.45, 2.75) is 6.92 Å². The van der Waals surface area contributed by atoms with E-state index < -0.39 is 5.97 Å². The molecule has 17 heavy (non-hydrogen) atoms. The van der Waals surface area contributed by atoms with Gasteiger partial charge in [0, 0.05) is 6.92 Å². The van der Waals surface area contributed by atoms with Crippen molar-refractivity contribution in [3.05, 3.63) is 29.8 Å². The number of ether oxygens (including phenoxy) is 2. The van der Waals surface area contributed by atoms with Crippen LogP contribution >= 0.6 is 0 Å². The van der Waals surface area contributed by atoms with Crippen LogP contribution in [0, 0.1) is 0 Å². The summed E-state index contributed by atoms with van der Waals surface area (Å²) >= 11 is 0. The molecule has 0 spiro atoms. The number of esters is 1. The summed E-state index contributed by atoms with van der Waals surface area (Å²) < 4.78 is 10.0. The van der Waals surface area contributed by atoms with Crippen molar-refractivity contribution in [3.63, 3.8) is 0 Å². The highest BCUT2D eigenvalue weighted by Gasteiger charge is 2.11. The summed E-state index contributed by atoms with van der Waals surface area (Å²) in [7, 11) is 1.32. The lowest BCUT2D eigenvalue weighted by atomic mass is 10.2. The Balaban J connectivity index is 2.58. The Bertz CT molecular complexity index is 403. The Kier molecular flexibility index (Phi) is 5.00. The van der Waals surface area contributed by atoms with Crippen LogP contribution in [-0.2, 0) is 9.53 Å². The van der Waals surface area contributed by atoms with Gasteiger partial charge in [0.25, 0.3) is 0 Å². The first-order valence-electron chi connectivity index (χ1n) is 5.19. The molecule has 1 N–H and O–H groups in total. The molecule has 5 nitrogen and oxygen atoms in total. The van der Waals surface area contributed by atoms with Gasteiger partial charge in [0.1, 0.15) is 17.9 Å². The molecule has 0 saturated heterocycles. The van der Waals surface area contributed by atoms with Crippen LogP contribution in [0.15, 0.2) is 24.3 Å².